The summed E-state index contributed by atoms with van der Waals surface area (Å²) in [5.74, 6) is 1.38. The number of nitrogens with one attached hydrogen (secondary N) is 1. The van der Waals surface area contributed by atoms with Crippen molar-refractivity contribution >= 4 is 21.8 Å². The summed E-state index contributed by atoms with van der Waals surface area (Å²) in [4.78, 5) is 13.4. The summed E-state index contributed by atoms with van der Waals surface area (Å²) in [6, 6.07) is 3.50. The zero-order valence-electron chi connectivity index (χ0n) is 12.5. The molecule has 0 radical (unpaired) electrons. The van der Waals surface area contributed by atoms with Gasteiger partial charge in [0.15, 0.2) is 11.5 Å². The highest BCUT2D eigenvalue weighted by Crippen LogP contribution is 2.33. The van der Waals surface area contributed by atoms with Crippen LogP contribution in [-0.4, -0.2) is 45.2 Å². The van der Waals surface area contributed by atoms with E-state index in [2.05, 4.69) is 21.2 Å². The Hall–Kier alpha value is -1.27. The van der Waals surface area contributed by atoms with Crippen molar-refractivity contribution < 1.29 is 14.3 Å². The first-order valence-electron chi connectivity index (χ1n) is 6.25. The third kappa shape index (κ3) is 4.11. The lowest BCUT2D eigenvalue weighted by molar-refractivity contribution is -0.130. The number of likely N-dealkylation sites (N-methyl/N-ethyl adjacent to an activating group) is 1. The molecule has 0 spiro atoms. The van der Waals surface area contributed by atoms with Crippen LogP contribution in [0, 0.1) is 0 Å². The van der Waals surface area contributed by atoms with Crippen LogP contribution in [0.1, 0.15) is 12.5 Å². The Bertz CT molecular complexity index is 478. The number of carbonyl (C=O) groups is 1. The highest BCUT2D eigenvalue weighted by atomic mass is 79.9. The monoisotopic (exact) mass is 344 g/mol. The fourth-order valence-corrected chi connectivity index (χ4v) is 2.23. The maximum absolute atomic E-state index is 11.8. The van der Waals surface area contributed by atoms with Gasteiger partial charge >= 0.3 is 0 Å². The van der Waals surface area contributed by atoms with Crippen molar-refractivity contribution in [3.8, 4) is 11.5 Å². The molecule has 0 aromatic heterocycles. The van der Waals surface area contributed by atoms with Crippen LogP contribution < -0.4 is 14.8 Å². The maximum atomic E-state index is 11.8. The molecule has 1 aromatic rings. The van der Waals surface area contributed by atoms with Gasteiger partial charge in [-0.25, -0.2) is 0 Å². The third-order valence-corrected chi connectivity index (χ3v) is 3.70. The molecule has 0 heterocycles. The van der Waals surface area contributed by atoms with Crippen LogP contribution >= 0.6 is 15.9 Å². The van der Waals surface area contributed by atoms with Gasteiger partial charge in [-0.05, 0) is 24.6 Å². The molecule has 1 N–H and O–H groups in total. The van der Waals surface area contributed by atoms with E-state index < -0.39 is 0 Å². The number of hydrogen-bond donors (Lipinski definition) is 1. The Balaban J connectivity index is 2.80. The van der Waals surface area contributed by atoms with E-state index in [4.69, 9.17) is 9.47 Å². The Morgan fingerprint density at radius 1 is 1.30 bits per heavy atom. The first kappa shape index (κ1) is 16.8. The molecule has 1 aromatic carbocycles. The predicted molar refractivity (Wildman–Crippen MR) is 82.2 cm³/mol. The molecule has 0 saturated heterocycles. The zero-order valence-corrected chi connectivity index (χ0v) is 14.1. The number of rotatable bonds is 6. The highest BCUT2D eigenvalue weighted by molar-refractivity contribution is 9.10. The molecule has 6 heteroatoms. The van der Waals surface area contributed by atoms with Crippen LogP contribution in [0.2, 0.25) is 0 Å². The van der Waals surface area contributed by atoms with E-state index in [0.29, 0.717) is 18.0 Å². The molecular weight excluding hydrogens is 324 g/mol. The number of methoxy groups -OCH3 is 2. The molecule has 0 aliphatic rings. The largest absolute Gasteiger partial charge is 0.493 e. The smallest absolute Gasteiger partial charge is 0.238 e. The second-order valence-corrected chi connectivity index (χ2v) is 5.49. The lowest BCUT2D eigenvalue weighted by atomic mass is 10.2. The summed E-state index contributed by atoms with van der Waals surface area (Å²) in [6.45, 7) is 2.40. The standard InChI is InChI=1S/C14H21BrN2O3/c1-9(14(18)17(2)3)16-8-10-6-12(19-4)13(20-5)7-11(10)15/h6-7,9,16H,8H2,1-5H3. The molecule has 5 nitrogen and oxygen atoms in total. The molecule has 1 rings (SSSR count). The zero-order chi connectivity index (χ0) is 15.3. The Morgan fingerprint density at radius 2 is 1.85 bits per heavy atom. The topological polar surface area (TPSA) is 50.8 Å². The molecular formula is C14H21BrN2O3. The highest BCUT2D eigenvalue weighted by Gasteiger charge is 2.15. The predicted octanol–water partition coefficient (Wildman–Crippen LogP) is 2.03. The molecule has 20 heavy (non-hydrogen) atoms. The SMILES string of the molecule is COc1cc(Br)c(CNC(C)C(=O)N(C)C)cc1OC. The van der Waals surface area contributed by atoms with Crippen LogP contribution in [-0.2, 0) is 11.3 Å². The van der Waals surface area contributed by atoms with Gasteiger partial charge in [0.05, 0.1) is 20.3 Å². The van der Waals surface area contributed by atoms with Gasteiger partial charge in [0.1, 0.15) is 0 Å². The molecule has 0 fully saturated rings. The first-order valence-corrected chi connectivity index (χ1v) is 7.05. The second-order valence-electron chi connectivity index (χ2n) is 4.63. The van der Waals surface area contributed by atoms with Crippen molar-refractivity contribution in [3.05, 3.63) is 22.2 Å². The van der Waals surface area contributed by atoms with Gasteiger partial charge in [-0.15, -0.1) is 0 Å². The maximum Gasteiger partial charge on any atom is 0.238 e. The quantitative estimate of drug-likeness (QED) is 0.857. The second kappa shape index (κ2) is 7.50. The average molecular weight is 345 g/mol. The van der Waals surface area contributed by atoms with Gasteiger partial charge in [0, 0.05) is 25.1 Å². The van der Waals surface area contributed by atoms with Crippen LogP contribution in [0.5, 0.6) is 11.5 Å². The summed E-state index contributed by atoms with van der Waals surface area (Å²) in [7, 11) is 6.68. The van der Waals surface area contributed by atoms with Crippen molar-refractivity contribution in [2.75, 3.05) is 28.3 Å². The van der Waals surface area contributed by atoms with Crippen molar-refractivity contribution in [2.45, 2.75) is 19.5 Å². The number of ether oxygens (including phenoxy) is 2. The number of halogens is 1. The van der Waals surface area contributed by atoms with E-state index in [1.165, 1.54) is 0 Å². The molecule has 0 saturated carbocycles. The normalized spacial score (nSPS) is 11.9. The van der Waals surface area contributed by atoms with E-state index in [1.807, 2.05) is 19.1 Å². The van der Waals surface area contributed by atoms with Gasteiger partial charge < -0.3 is 19.7 Å². The number of hydrogen-bond acceptors (Lipinski definition) is 4. The van der Waals surface area contributed by atoms with Crippen molar-refractivity contribution in [3.63, 3.8) is 0 Å². The van der Waals surface area contributed by atoms with Gasteiger partial charge in [0.25, 0.3) is 0 Å². The number of carbonyl (C=O) groups excluding carboxylic acids is 1. The van der Waals surface area contributed by atoms with Crippen LogP contribution in [0.4, 0.5) is 0 Å². The summed E-state index contributed by atoms with van der Waals surface area (Å²) in [5.41, 5.74) is 1.00. The fraction of sp³-hybridized carbons (Fsp3) is 0.500. The number of amides is 1. The minimum absolute atomic E-state index is 0.0431. The van der Waals surface area contributed by atoms with Gasteiger partial charge in [-0.1, -0.05) is 15.9 Å². The van der Waals surface area contributed by atoms with Gasteiger partial charge in [-0.2, -0.15) is 0 Å². The van der Waals surface area contributed by atoms with Crippen molar-refractivity contribution in [1.29, 1.82) is 0 Å². The van der Waals surface area contributed by atoms with Gasteiger partial charge in [-0.3, -0.25) is 4.79 Å². The van der Waals surface area contributed by atoms with E-state index in [-0.39, 0.29) is 11.9 Å². The third-order valence-electron chi connectivity index (χ3n) is 2.96. The van der Waals surface area contributed by atoms with E-state index in [1.54, 1.807) is 33.2 Å². The average Bonchev–Trinajstić information content (AvgIpc) is 2.44. The van der Waals surface area contributed by atoms with Crippen LogP contribution in [0.3, 0.4) is 0 Å². The lowest BCUT2D eigenvalue weighted by Crippen LogP contribution is -2.41. The Kier molecular flexibility index (Phi) is 6.29. The van der Waals surface area contributed by atoms with E-state index >= 15 is 0 Å². The number of nitrogens with zero attached hydrogens (tertiary/aromatic N) is 1. The van der Waals surface area contributed by atoms with Crippen molar-refractivity contribution in [1.82, 2.24) is 10.2 Å². The Morgan fingerprint density at radius 3 is 2.35 bits per heavy atom. The molecule has 1 unspecified atom stereocenters. The minimum atomic E-state index is -0.245. The summed E-state index contributed by atoms with van der Waals surface area (Å²) >= 11 is 3.50. The molecule has 1 atom stereocenters. The molecule has 1 amide bonds. The van der Waals surface area contributed by atoms with E-state index in [9.17, 15) is 4.79 Å². The molecule has 0 aliphatic heterocycles. The molecule has 112 valence electrons. The lowest BCUT2D eigenvalue weighted by Gasteiger charge is -2.19. The van der Waals surface area contributed by atoms with Gasteiger partial charge in [0.2, 0.25) is 5.91 Å². The molecule has 0 aliphatic carbocycles. The van der Waals surface area contributed by atoms with Crippen molar-refractivity contribution in [2.24, 2.45) is 0 Å². The number of benzene rings is 1. The minimum Gasteiger partial charge on any atom is -0.493 e. The summed E-state index contributed by atoms with van der Waals surface area (Å²) in [5, 5.41) is 3.19. The van der Waals surface area contributed by atoms with Crippen LogP contribution in [0.15, 0.2) is 16.6 Å². The summed E-state index contributed by atoms with van der Waals surface area (Å²) in [6.07, 6.45) is 0. The van der Waals surface area contributed by atoms with Crippen LogP contribution in [0.25, 0.3) is 0 Å². The molecule has 0 bridgehead atoms. The Labute approximate surface area is 128 Å². The first-order chi connectivity index (χ1) is 9.40. The summed E-state index contributed by atoms with van der Waals surface area (Å²) < 4.78 is 11.4. The fourth-order valence-electron chi connectivity index (χ4n) is 1.77. The van der Waals surface area contributed by atoms with E-state index in [0.717, 1.165) is 10.0 Å².